The Balaban J connectivity index is 1.98. The second-order valence-corrected chi connectivity index (χ2v) is 4.00. The van der Waals surface area contributed by atoms with Crippen LogP contribution in [0.3, 0.4) is 0 Å². The van der Waals surface area contributed by atoms with Crippen molar-refractivity contribution in [1.29, 1.82) is 0 Å². The lowest BCUT2D eigenvalue weighted by Crippen LogP contribution is -2.33. The van der Waals surface area contributed by atoms with Gasteiger partial charge in [0, 0.05) is 12.7 Å². The van der Waals surface area contributed by atoms with Gasteiger partial charge < -0.3 is 11.1 Å². The fourth-order valence-corrected chi connectivity index (χ4v) is 1.77. The van der Waals surface area contributed by atoms with Gasteiger partial charge in [0.05, 0.1) is 18.2 Å². The van der Waals surface area contributed by atoms with E-state index >= 15 is 0 Å². The van der Waals surface area contributed by atoms with Crippen LogP contribution in [0, 0.1) is 0 Å². The van der Waals surface area contributed by atoms with Gasteiger partial charge in [-0.2, -0.15) is 5.10 Å². The van der Waals surface area contributed by atoms with E-state index in [0.717, 1.165) is 11.3 Å². The number of hydrogen-bond acceptors (Lipinski definition) is 3. The summed E-state index contributed by atoms with van der Waals surface area (Å²) in [6.07, 6.45) is 1.65. The van der Waals surface area contributed by atoms with Gasteiger partial charge in [0.1, 0.15) is 0 Å². The van der Waals surface area contributed by atoms with E-state index < -0.39 is 0 Å². The third-order valence-electron chi connectivity index (χ3n) is 2.77. The van der Waals surface area contributed by atoms with Gasteiger partial charge in [-0.05, 0) is 11.6 Å². The molecule has 94 valence electrons. The summed E-state index contributed by atoms with van der Waals surface area (Å²) < 4.78 is 0. The molecule has 0 bridgehead atoms. The van der Waals surface area contributed by atoms with Crippen molar-refractivity contribution in [2.75, 3.05) is 6.54 Å². The minimum Gasteiger partial charge on any atom is -0.350 e. The highest BCUT2D eigenvalue weighted by Gasteiger charge is 2.18. The van der Waals surface area contributed by atoms with E-state index in [9.17, 15) is 4.79 Å². The largest absolute Gasteiger partial charge is 0.350 e. The lowest BCUT2D eigenvalue weighted by atomic mass is 9.98. The molecule has 0 fully saturated rings. The zero-order valence-corrected chi connectivity index (χ0v) is 9.97. The highest BCUT2D eigenvalue weighted by Crippen LogP contribution is 2.14. The topological polar surface area (TPSA) is 83.8 Å². The molecule has 0 aliphatic heterocycles. The molecule has 0 saturated carbocycles. The molecule has 18 heavy (non-hydrogen) atoms. The van der Waals surface area contributed by atoms with Gasteiger partial charge in [0.25, 0.3) is 0 Å². The standard InChI is InChI=1S/C13H16N4O/c14-8-12(10-4-2-1-3-5-10)13(18)15-9-11-6-7-16-17-11/h1-7,12H,8-9,14H2,(H,15,18)(H,16,17). The number of nitrogens with one attached hydrogen (secondary N) is 2. The van der Waals surface area contributed by atoms with Gasteiger partial charge in [-0.15, -0.1) is 0 Å². The number of rotatable bonds is 5. The minimum atomic E-state index is -0.311. The summed E-state index contributed by atoms with van der Waals surface area (Å²) in [4.78, 5) is 12.0. The molecule has 0 aliphatic rings. The summed E-state index contributed by atoms with van der Waals surface area (Å²) in [6.45, 7) is 0.723. The Bertz CT molecular complexity index is 481. The molecule has 1 unspecified atom stereocenters. The summed E-state index contributed by atoms with van der Waals surface area (Å²) >= 11 is 0. The average Bonchev–Trinajstić information content (AvgIpc) is 2.92. The molecule has 5 nitrogen and oxygen atoms in total. The Hall–Kier alpha value is -2.14. The SMILES string of the molecule is NCC(C(=O)NCc1ccn[nH]1)c1ccccc1. The van der Waals surface area contributed by atoms with Crippen molar-refractivity contribution in [1.82, 2.24) is 15.5 Å². The van der Waals surface area contributed by atoms with Crippen molar-refractivity contribution in [3.8, 4) is 0 Å². The molecule has 1 aromatic heterocycles. The van der Waals surface area contributed by atoms with Crippen LogP contribution in [0.2, 0.25) is 0 Å². The quantitative estimate of drug-likeness (QED) is 0.726. The van der Waals surface area contributed by atoms with E-state index in [0.29, 0.717) is 13.1 Å². The second-order valence-electron chi connectivity index (χ2n) is 4.00. The van der Waals surface area contributed by atoms with Crippen LogP contribution in [0.1, 0.15) is 17.2 Å². The lowest BCUT2D eigenvalue weighted by Gasteiger charge is -2.14. The fourth-order valence-electron chi connectivity index (χ4n) is 1.77. The molecule has 0 saturated heterocycles. The number of aromatic nitrogens is 2. The van der Waals surface area contributed by atoms with Crippen LogP contribution in [0.15, 0.2) is 42.6 Å². The molecule has 0 radical (unpaired) electrons. The molecule has 2 aromatic rings. The van der Waals surface area contributed by atoms with Gasteiger partial charge in [0.2, 0.25) is 5.91 Å². The summed E-state index contributed by atoms with van der Waals surface area (Å²) in [5, 5.41) is 9.46. The third kappa shape index (κ3) is 2.95. The first-order valence-corrected chi connectivity index (χ1v) is 5.82. The van der Waals surface area contributed by atoms with E-state index in [4.69, 9.17) is 5.73 Å². The molecule has 1 atom stereocenters. The van der Waals surface area contributed by atoms with Gasteiger partial charge in [-0.1, -0.05) is 30.3 Å². The minimum absolute atomic E-state index is 0.0710. The number of aromatic amines is 1. The lowest BCUT2D eigenvalue weighted by molar-refractivity contribution is -0.122. The molecule has 0 aliphatic carbocycles. The highest BCUT2D eigenvalue weighted by molar-refractivity contribution is 5.83. The number of benzene rings is 1. The van der Waals surface area contributed by atoms with Gasteiger partial charge >= 0.3 is 0 Å². The normalized spacial score (nSPS) is 12.1. The molecule has 4 N–H and O–H groups in total. The Labute approximate surface area is 105 Å². The summed E-state index contributed by atoms with van der Waals surface area (Å²) in [5.74, 6) is -0.382. The molecule has 1 heterocycles. The van der Waals surface area contributed by atoms with Crippen LogP contribution in [-0.2, 0) is 11.3 Å². The molecular weight excluding hydrogens is 228 g/mol. The van der Waals surface area contributed by atoms with Crippen molar-refractivity contribution >= 4 is 5.91 Å². The van der Waals surface area contributed by atoms with Crippen LogP contribution in [-0.4, -0.2) is 22.6 Å². The van der Waals surface area contributed by atoms with E-state index in [1.54, 1.807) is 6.20 Å². The van der Waals surface area contributed by atoms with Gasteiger partial charge in [-0.25, -0.2) is 0 Å². The number of nitrogens with two attached hydrogens (primary N) is 1. The maximum atomic E-state index is 12.0. The number of nitrogens with zero attached hydrogens (tertiary/aromatic N) is 1. The van der Waals surface area contributed by atoms with Crippen LogP contribution < -0.4 is 11.1 Å². The zero-order chi connectivity index (χ0) is 12.8. The molecular formula is C13H16N4O. The Morgan fingerprint density at radius 1 is 1.33 bits per heavy atom. The molecule has 1 amide bonds. The first kappa shape index (κ1) is 12.3. The van der Waals surface area contributed by atoms with Crippen molar-refractivity contribution in [3.63, 3.8) is 0 Å². The van der Waals surface area contributed by atoms with Crippen molar-refractivity contribution in [3.05, 3.63) is 53.9 Å². The predicted octanol–water partition coefficient (Wildman–Crippen LogP) is 0.768. The Kier molecular flexibility index (Phi) is 4.09. The van der Waals surface area contributed by atoms with Crippen molar-refractivity contribution in [2.45, 2.75) is 12.5 Å². The third-order valence-corrected chi connectivity index (χ3v) is 2.77. The van der Waals surface area contributed by atoms with E-state index in [1.165, 1.54) is 0 Å². The first-order chi connectivity index (χ1) is 8.81. The molecule has 5 heteroatoms. The monoisotopic (exact) mass is 244 g/mol. The van der Waals surface area contributed by atoms with Crippen LogP contribution in [0.25, 0.3) is 0 Å². The number of H-pyrrole nitrogens is 1. The number of carbonyl (C=O) groups is 1. The molecule has 2 rings (SSSR count). The van der Waals surface area contributed by atoms with Crippen LogP contribution >= 0.6 is 0 Å². The van der Waals surface area contributed by atoms with Crippen LogP contribution in [0.5, 0.6) is 0 Å². The number of amides is 1. The summed E-state index contributed by atoms with van der Waals surface area (Å²) in [7, 11) is 0. The molecule has 1 aromatic carbocycles. The average molecular weight is 244 g/mol. The van der Waals surface area contributed by atoms with Crippen LogP contribution in [0.4, 0.5) is 0 Å². The van der Waals surface area contributed by atoms with E-state index in [1.807, 2.05) is 36.4 Å². The van der Waals surface area contributed by atoms with E-state index in [2.05, 4.69) is 15.5 Å². The van der Waals surface area contributed by atoms with E-state index in [-0.39, 0.29) is 11.8 Å². The number of carbonyl (C=O) groups excluding carboxylic acids is 1. The zero-order valence-electron chi connectivity index (χ0n) is 9.97. The van der Waals surface area contributed by atoms with Crippen molar-refractivity contribution in [2.24, 2.45) is 5.73 Å². The Morgan fingerprint density at radius 2 is 2.11 bits per heavy atom. The summed E-state index contributed by atoms with van der Waals surface area (Å²) in [5.41, 5.74) is 7.47. The smallest absolute Gasteiger partial charge is 0.229 e. The Morgan fingerprint density at radius 3 is 2.72 bits per heavy atom. The highest BCUT2D eigenvalue weighted by atomic mass is 16.1. The predicted molar refractivity (Wildman–Crippen MR) is 68.7 cm³/mol. The fraction of sp³-hybridized carbons (Fsp3) is 0.231. The maximum Gasteiger partial charge on any atom is 0.229 e. The molecule has 0 spiro atoms. The number of hydrogen-bond donors (Lipinski definition) is 3. The first-order valence-electron chi connectivity index (χ1n) is 5.82. The maximum absolute atomic E-state index is 12.0. The van der Waals surface area contributed by atoms with Crippen molar-refractivity contribution < 1.29 is 4.79 Å². The second kappa shape index (κ2) is 5.97. The summed E-state index contributed by atoms with van der Waals surface area (Å²) in [6, 6.07) is 11.4. The van der Waals surface area contributed by atoms with Gasteiger partial charge in [0.15, 0.2) is 0 Å². The van der Waals surface area contributed by atoms with Gasteiger partial charge in [-0.3, -0.25) is 9.89 Å².